The molecule has 1 amide bonds. The van der Waals surface area contributed by atoms with Crippen molar-refractivity contribution in [3.8, 4) is 5.75 Å². The Morgan fingerprint density at radius 3 is 2.64 bits per heavy atom. The van der Waals surface area contributed by atoms with Crippen LogP contribution in [0.4, 0.5) is 0 Å². The zero-order valence-electron chi connectivity index (χ0n) is 14.2. The fourth-order valence-electron chi connectivity index (χ4n) is 3.32. The molecular weight excluding hydrogens is 314 g/mol. The first-order chi connectivity index (χ1) is 12.3. The standard InChI is InChI=1S/C21H23NO3/c23-21(17-10-11-24-14-17)22-20-12-19(20)16-6-8-18(9-7-16)25-13-15-4-2-1-3-5-15/h1-9,17,19-20H,10-14H2,(H,22,23)/t17-,19+,20-/m1/s1. The number of hydrogen-bond donors (Lipinski definition) is 1. The van der Waals surface area contributed by atoms with Gasteiger partial charge in [0, 0.05) is 18.6 Å². The lowest BCUT2D eigenvalue weighted by atomic mass is 10.1. The Kier molecular flexibility index (Phi) is 4.70. The van der Waals surface area contributed by atoms with Gasteiger partial charge in [0.05, 0.1) is 12.5 Å². The maximum absolute atomic E-state index is 12.1. The highest BCUT2D eigenvalue weighted by molar-refractivity contribution is 5.79. The van der Waals surface area contributed by atoms with Crippen LogP contribution in [-0.2, 0) is 16.1 Å². The molecule has 0 spiro atoms. The van der Waals surface area contributed by atoms with Gasteiger partial charge in [-0.25, -0.2) is 0 Å². The van der Waals surface area contributed by atoms with Gasteiger partial charge >= 0.3 is 0 Å². The lowest BCUT2D eigenvalue weighted by Gasteiger charge is -2.10. The lowest BCUT2D eigenvalue weighted by Crippen LogP contribution is -2.33. The summed E-state index contributed by atoms with van der Waals surface area (Å²) in [5, 5.41) is 3.16. The van der Waals surface area contributed by atoms with Crippen molar-refractivity contribution in [2.75, 3.05) is 13.2 Å². The van der Waals surface area contributed by atoms with Gasteiger partial charge < -0.3 is 14.8 Å². The number of nitrogens with one attached hydrogen (secondary N) is 1. The summed E-state index contributed by atoms with van der Waals surface area (Å²) in [7, 11) is 0. The van der Waals surface area contributed by atoms with Crippen molar-refractivity contribution in [1.82, 2.24) is 5.32 Å². The van der Waals surface area contributed by atoms with Crippen molar-refractivity contribution < 1.29 is 14.3 Å². The first-order valence-corrected chi connectivity index (χ1v) is 8.94. The summed E-state index contributed by atoms with van der Waals surface area (Å²) < 4.78 is 11.1. The molecule has 1 aliphatic carbocycles. The van der Waals surface area contributed by atoms with Crippen molar-refractivity contribution in [2.24, 2.45) is 5.92 Å². The van der Waals surface area contributed by atoms with E-state index in [0.717, 1.165) is 24.2 Å². The predicted octanol–water partition coefficient (Wildman–Crippen LogP) is 3.27. The molecule has 0 aromatic heterocycles. The molecule has 2 fully saturated rings. The Labute approximate surface area is 148 Å². The van der Waals surface area contributed by atoms with Crippen molar-refractivity contribution in [3.63, 3.8) is 0 Å². The van der Waals surface area contributed by atoms with Crippen LogP contribution in [0.15, 0.2) is 54.6 Å². The smallest absolute Gasteiger partial charge is 0.225 e. The zero-order valence-corrected chi connectivity index (χ0v) is 14.2. The average Bonchev–Trinajstić information content (AvgIpc) is 3.19. The molecule has 2 aromatic rings. The van der Waals surface area contributed by atoms with Gasteiger partial charge in [0.2, 0.25) is 5.91 Å². The minimum absolute atomic E-state index is 0.0370. The number of carbonyl (C=O) groups is 1. The van der Waals surface area contributed by atoms with Gasteiger partial charge in [-0.05, 0) is 36.1 Å². The Morgan fingerprint density at radius 1 is 1.12 bits per heavy atom. The third kappa shape index (κ3) is 4.02. The highest BCUT2D eigenvalue weighted by Crippen LogP contribution is 2.41. The van der Waals surface area contributed by atoms with E-state index in [2.05, 4.69) is 29.6 Å². The summed E-state index contributed by atoms with van der Waals surface area (Å²) >= 11 is 0. The molecule has 0 radical (unpaired) electrons. The third-order valence-corrected chi connectivity index (χ3v) is 4.98. The highest BCUT2D eigenvalue weighted by Gasteiger charge is 2.40. The van der Waals surface area contributed by atoms with Crippen LogP contribution in [0.25, 0.3) is 0 Å². The molecule has 2 aliphatic rings. The van der Waals surface area contributed by atoms with Crippen LogP contribution in [0.2, 0.25) is 0 Å². The van der Waals surface area contributed by atoms with E-state index in [4.69, 9.17) is 9.47 Å². The average molecular weight is 337 g/mol. The SMILES string of the molecule is O=C(N[C@@H]1C[C@H]1c1ccc(OCc2ccccc2)cc1)[C@@H]1CCOC1. The summed E-state index contributed by atoms with van der Waals surface area (Å²) in [5.41, 5.74) is 2.42. The molecule has 1 heterocycles. The van der Waals surface area contributed by atoms with Crippen molar-refractivity contribution in [3.05, 3.63) is 65.7 Å². The van der Waals surface area contributed by atoms with Gasteiger partial charge in [0.15, 0.2) is 0 Å². The highest BCUT2D eigenvalue weighted by atomic mass is 16.5. The lowest BCUT2D eigenvalue weighted by molar-refractivity contribution is -0.125. The second-order valence-corrected chi connectivity index (χ2v) is 6.86. The number of amides is 1. The van der Waals surface area contributed by atoms with E-state index >= 15 is 0 Å². The van der Waals surface area contributed by atoms with E-state index in [1.165, 1.54) is 5.56 Å². The fraction of sp³-hybridized carbons (Fsp3) is 0.381. The second-order valence-electron chi connectivity index (χ2n) is 6.86. The summed E-state index contributed by atoms with van der Waals surface area (Å²) in [6, 6.07) is 18.7. The quantitative estimate of drug-likeness (QED) is 0.880. The maximum atomic E-state index is 12.1. The van der Waals surface area contributed by atoms with Gasteiger partial charge in [-0.2, -0.15) is 0 Å². The largest absolute Gasteiger partial charge is 0.489 e. The summed E-state index contributed by atoms with van der Waals surface area (Å²) in [5.74, 6) is 1.48. The molecule has 4 nitrogen and oxygen atoms in total. The molecule has 0 bridgehead atoms. The second kappa shape index (κ2) is 7.28. The van der Waals surface area contributed by atoms with Crippen LogP contribution in [0.1, 0.15) is 29.9 Å². The van der Waals surface area contributed by atoms with Crippen molar-refractivity contribution in [1.29, 1.82) is 0 Å². The topological polar surface area (TPSA) is 47.6 Å². The van der Waals surface area contributed by atoms with Crippen LogP contribution in [0.3, 0.4) is 0 Å². The number of ether oxygens (including phenoxy) is 2. The summed E-state index contributed by atoms with van der Waals surface area (Å²) in [6.07, 6.45) is 1.86. The molecule has 2 aromatic carbocycles. The molecule has 3 atom stereocenters. The minimum atomic E-state index is 0.0370. The molecule has 1 N–H and O–H groups in total. The fourth-order valence-corrected chi connectivity index (χ4v) is 3.32. The number of rotatable bonds is 6. The first-order valence-electron chi connectivity index (χ1n) is 8.94. The van der Waals surface area contributed by atoms with E-state index in [1.807, 2.05) is 30.3 Å². The maximum Gasteiger partial charge on any atom is 0.225 e. The van der Waals surface area contributed by atoms with E-state index in [0.29, 0.717) is 25.7 Å². The monoisotopic (exact) mass is 337 g/mol. The first kappa shape index (κ1) is 16.2. The molecule has 130 valence electrons. The molecular formula is C21H23NO3. The van der Waals surface area contributed by atoms with Crippen molar-refractivity contribution >= 4 is 5.91 Å². The molecule has 25 heavy (non-hydrogen) atoms. The molecule has 1 saturated carbocycles. The Morgan fingerprint density at radius 2 is 1.92 bits per heavy atom. The molecule has 4 rings (SSSR count). The Hall–Kier alpha value is -2.33. The Bertz CT molecular complexity index is 708. The predicted molar refractivity (Wildman–Crippen MR) is 95.4 cm³/mol. The zero-order chi connectivity index (χ0) is 17.1. The van der Waals surface area contributed by atoms with Crippen LogP contribution in [0.5, 0.6) is 5.75 Å². The molecule has 1 saturated heterocycles. The van der Waals surface area contributed by atoms with Crippen LogP contribution in [-0.4, -0.2) is 25.2 Å². The minimum Gasteiger partial charge on any atom is -0.489 e. The van der Waals surface area contributed by atoms with E-state index in [1.54, 1.807) is 0 Å². The summed E-state index contributed by atoms with van der Waals surface area (Å²) in [6.45, 7) is 1.85. The van der Waals surface area contributed by atoms with Crippen LogP contribution in [0, 0.1) is 5.92 Å². The third-order valence-electron chi connectivity index (χ3n) is 4.98. The van der Waals surface area contributed by atoms with Crippen molar-refractivity contribution in [2.45, 2.75) is 31.4 Å². The van der Waals surface area contributed by atoms with Gasteiger partial charge in [-0.3, -0.25) is 4.79 Å². The van der Waals surface area contributed by atoms with E-state index < -0.39 is 0 Å². The van der Waals surface area contributed by atoms with Gasteiger partial charge in [0.25, 0.3) is 0 Å². The number of carbonyl (C=O) groups excluding carboxylic acids is 1. The van der Waals surface area contributed by atoms with Gasteiger partial charge in [-0.15, -0.1) is 0 Å². The van der Waals surface area contributed by atoms with Crippen LogP contribution >= 0.6 is 0 Å². The van der Waals surface area contributed by atoms with Gasteiger partial charge in [-0.1, -0.05) is 42.5 Å². The molecule has 1 aliphatic heterocycles. The number of benzene rings is 2. The normalized spacial score (nSPS) is 24.7. The van der Waals surface area contributed by atoms with E-state index in [9.17, 15) is 4.79 Å². The number of hydrogen-bond acceptors (Lipinski definition) is 3. The van der Waals surface area contributed by atoms with Gasteiger partial charge in [0.1, 0.15) is 12.4 Å². The molecule has 4 heteroatoms. The molecule has 0 unspecified atom stereocenters. The summed E-state index contributed by atoms with van der Waals surface area (Å²) in [4.78, 5) is 12.1. The van der Waals surface area contributed by atoms with E-state index in [-0.39, 0.29) is 17.9 Å². The Balaban J connectivity index is 1.27. The van der Waals surface area contributed by atoms with Crippen LogP contribution < -0.4 is 10.1 Å².